The number of hydrogen-bond acceptors (Lipinski definition) is 5. The molecule has 0 unspecified atom stereocenters. The molecule has 0 bridgehead atoms. The molecule has 0 aliphatic carbocycles. The number of nitrogens with two attached hydrogens (primary N) is 1. The summed E-state index contributed by atoms with van der Waals surface area (Å²) < 4.78 is 28.1. The van der Waals surface area contributed by atoms with E-state index in [0.29, 0.717) is 11.1 Å². The summed E-state index contributed by atoms with van der Waals surface area (Å²) in [5.41, 5.74) is 9.97. The summed E-state index contributed by atoms with van der Waals surface area (Å²) in [6, 6.07) is 10.8. The van der Waals surface area contributed by atoms with Gasteiger partial charge in [-0.2, -0.15) is 0 Å². The third-order valence-corrected chi connectivity index (χ3v) is 6.65. The largest absolute Gasteiger partial charge is 0.508 e. The number of piperidine rings is 1. The number of aromatic hydroxyl groups is 1. The maximum atomic E-state index is 14.1. The van der Waals surface area contributed by atoms with Crippen molar-refractivity contribution in [3.63, 3.8) is 0 Å². The zero-order chi connectivity index (χ0) is 21.5. The summed E-state index contributed by atoms with van der Waals surface area (Å²) in [6.45, 7) is 1.50. The van der Waals surface area contributed by atoms with E-state index in [1.54, 1.807) is 24.4 Å². The average molecular weight is 438 g/mol. The second-order valence-corrected chi connectivity index (χ2v) is 8.74. The van der Waals surface area contributed by atoms with Gasteiger partial charge in [0.15, 0.2) is 0 Å². The molecule has 2 aromatic heterocycles. The zero-order valence-electron chi connectivity index (χ0n) is 16.7. The second kappa shape index (κ2) is 7.90. The number of hydrogen-bond donors (Lipinski definition) is 2. The average Bonchev–Trinajstić information content (AvgIpc) is 3.17. The molecular weight excluding hydrogens is 416 g/mol. The molecule has 5 rings (SSSR count). The summed E-state index contributed by atoms with van der Waals surface area (Å²) in [4.78, 5) is 7.69. The number of nitrogens with zero attached hydrogens (tertiary/aromatic N) is 2. The van der Waals surface area contributed by atoms with Gasteiger partial charge in [-0.05, 0) is 48.2 Å². The number of rotatable bonds is 3. The standard InChI is InChI=1S/C24H21F2N3OS/c25-16-8-15(9-17(26)11-16)20-12-28-24-22(23(20)29-6-4-18(27)5-7-29)21(13-31-24)14-2-1-3-19(30)10-14/h1-3,8-13,18,30H,4-7,27H2. The molecule has 0 saturated carbocycles. The molecule has 4 aromatic rings. The van der Waals surface area contributed by atoms with E-state index in [1.165, 1.54) is 23.5 Å². The van der Waals surface area contributed by atoms with Crippen molar-refractivity contribution in [2.45, 2.75) is 18.9 Å². The van der Waals surface area contributed by atoms with Crippen molar-refractivity contribution in [3.8, 4) is 28.0 Å². The number of pyridine rings is 1. The van der Waals surface area contributed by atoms with E-state index in [0.717, 1.165) is 59.0 Å². The van der Waals surface area contributed by atoms with Gasteiger partial charge in [0.25, 0.3) is 0 Å². The van der Waals surface area contributed by atoms with Crippen molar-refractivity contribution in [2.24, 2.45) is 5.73 Å². The Labute approximate surface area is 182 Å². The lowest BCUT2D eigenvalue weighted by atomic mass is 9.96. The van der Waals surface area contributed by atoms with E-state index in [1.807, 2.05) is 11.4 Å². The van der Waals surface area contributed by atoms with Gasteiger partial charge in [-0.3, -0.25) is 0 Å². The lowest BCUT2D eigenvalue weighted by Crippen LogP contribution is -2.40. The summed E-state index contributed by atoms with van der Waals surface area (Å²) >= 11 is 1.51. The van der Waals surface area contributed by atoms with Gasteiger partial charge in [-0.25, -0.2) is 13.8 Å². The summed E-state index contributed by atoms with van der Waals surface area (Å²) in [7, 11) is 0. The number of anilines is 1. The minimum Gasteiger partial charge on any atom is -0.508 e. The fourth-order valence-corrected chi connectivity index (χ4v) is 5.17. The van der Waals surface area contributed by atoms with Gasteiger partial charge < -0.3 is 15.7 Å². The lowest BCUT2D eigenvalue weighted by Gasteiger charge is -2.34. The monoisotopic (exact) mass is 437 g/mol. The predicted octanol–water partition coefficient (Wildman–Crippen LogP) is 5.54. The van der Waals surface area contributed by atoms with Crippen LogP contribution >= 0.6 is 11.3 Å². The third kappa shape index (κ3) is 3.75. The molecule has 0 amide bonds. The molecule has 1 fully saturated rings. The molecule has 1 saturated heterocycles. The fourth-order valence-electron chi connectivity index (χ4n) is 4.25. The Balaban J connectivity index is 1.79. The van der Waals surface area contributed by atoms with Gasteiger partial charge in [0.05, 0.1) is 5.69 Å². The van der Waals surface area contributed by atoms with Crippen molar-refractivity contribution in [1.82, 2.24) is 4.98 Å². The summed E-state index contributed by atoms with van der Waals surface area (Å²) in [5.74, 6) is -1.07. The first-order chi connectivity index (χ1) is 15.0. The Morgan fingerprint density at radius 2 is 1.74 bits per heavy atom. The van der Waals surface area contributed by atoms with Crippen LogP contribution in [0.4, 0.5) is 14.5 Å². The number of benzene rings is 2. The minimum absolute atomic E-state index is 0.150. The fraction of sp³-hybridized carbons (Fsp3) is 0.208. The van der Waals surface area contributed by atoms with Crippen LogP contribution < -0.4 is 10.6 Å². The van der Waals surface area contributed by atoms with Crippen LogP contribution in [0.15, 0.2) is 54.0 Å². The van der Waals surface area contributed by atoms with Crippen LogP contribution in [-0.4, -0.2) is 29.2 Å². The molecule has 0 radical (unpaired) electrons. The smallest absolute Gasteiger partial charge is 0.126 e. The van der Waals surface area contributed by atoms with Crippen molar-refractivity contribution in [3.05, 3.63) is 65.7 Å². The molecule has 158 valence electrons. The number of fused-ring (bicyclic) bond motifs is 1. The molecule has 7 heteroatoms. The first-order valence-corrected chi connectivity index (χ1v) is 11.0. The number of phenolic OH excluding ortho intramolecular Hbond substituents is 1. The molecular formula is C24H21F2N3OS. The van der Waals surface area contributed by atoms with Crippen LogP contribution in [0, 0.1) is 11.6 Å². The Hall–Kier alpha value is -3.03. The Kier molecular flexibility index (Phi) is 5.08. The predicted molar refractivity (Wildman–Crippen MR) is 121 cm³/mol. The van der Waals surface area contributed by atoms with Crippen LogP contribution in [-0.2, 0) is 0 Å². The van der Waals surface area contributed by atoms with E-state index in [-0.39, 0.29) is 11.8 Å². The van der Waals surface area contributed by atoms with Gasteiger partial charge in [0.1, 0.15) is 22.2 Å². The summed E-state index contributed by atoms with van der Waals surface area (Å²) in [5, 5.41) is 12.9. The zero-order valence-corrected chi connectivity index (χ0v) is 17.5. The van der Waals surface area contributed by atoms with Crippen molar-refractivity contribution >= 4 is 27.2 Å². The minimum atomic E-state index is -0.625. The van der Waals surface area contributed by atoms with Crippen molar-refractivity contribution < 1.29 is 13.9 Å². The molecule has 0 spiro atoms. The van der Waals surface area contributed by atoms with Gasteiger partial charge in [0, 0.05) is 53.3 Å². The first-order valence-electron chi connectivity index (χ1n) is 10.2. The maximum Gasteiger partial charge on any atom is 0.126 e. The molecule has 4 nitrogen and oxygen atoms in total. The van der Waals surface area contributed by atoms with Crippen LogP contribution in [0.3, 0.4) is 0 Å². The second-order valence-electron chi connectivity index (χ2n) is 7.88. The van der Waals surface area contributed by atoms with Crippen LogP contribution in [0.1, 0.15) is 12.8 Å². The van der Waals surface area contributed by atoms with Crippen molar-refractivity contribution in [2.75, 3.05) is 18.0 Å². The molecule has 2 aromatic carbocycles. The number of thiophene rings is 1. The molecule has 1 aliphatic rings. The molecule has 3 N–H and O–H groups in total. The lowest BCUT2D eigenvalue weighted by molar-refractivity contribution is 0.475. The number of halogens is 2. The highest BCUT2D eigenvalue weighted by atomic mass is 32.1. The highest BCUT2D eigenvalue weighted by Crippen LogP contribution is 2.45. The summed E-state index contributed by atoms with van der Waals surface area (Å²) in [6.07, 6.45) is 3.38. The quantitative estimate of drug-likeness (QED) is 0.442. The number of aromatic nitrogens is 1. The van der Waals surface area contributed by atoms with Gasteiger partial charge in [-0.15, -0.1) is 11.3 Å². The maximum absolute atomic E-state index is 14.1. The Morgan fingerprint density at radius 3 is 2.45 bits per heavy atom. The third-order valence-electron chi connectivity index (χ3n) is 5.76. The van der Waals surface area contributed by atoms with E-state index >= 15 is 0 Å². The molecule has 3 heterocycles. The Morgan fingerprint density at radius 1 is 1.00 bits per heavy atom. The van der Waals surface area contributed by atoms with Gasteiger partial charge in [-0.1, -0.05) is 12.1 Å². The highest BCUT2D eigenvalue weighted by Gasteiger charge is 2.25. The van der Waals surface area contributed by atoms with E-state index in [4.69, 9.17) is 5.73 Å². The molecule has 31 heavy (non-hydrogen) atoms. The van der Waals surface area contributed by atoms with Gasteiger partial charge in [0.2, 0.25) is 0 Å². The van der Waals surface area contributed by atoms with E-state index in [9.17, 15) is 13.9 Å². The topological polar surface area (TPSA) is 62.4 Å². The normalized spacial score (nSPS) is 15.0. The first kappa shape index (κ1) is 19.9. The van der Waals surface area contributed by atoms with Crippen LogP contribution in [0.25, 0.3) is 32.5 Å². The van der Waals surface area contributed by atoms with Crippen LogP contribution in [0.2, 0.25) is 0 Å². The number of phenols is 1. The highest BCUT2D eigenvalue weighted by molar-refractivity contribution is 7.17. The van der Waals surface area contributed by atoms with E-state index in [2.05, 4.69) is 9.88 Å². The molecule has 0 atom stereocenters. The van der Waals surface area contributed by atoms with Gasteiger partial charge >= 0.3 is 0 Å². The van der Waals surface area contributed by atoms with E-state index < -0.39 is 11.6 Å². The Bertz CT molecular complexity index is 1240. The SMILES string of the molecule is NC1CCN(c2c(-c3cc(F)cc(F)c3)cnc3scc(-c4cccc(O)c4)c23)CC1. The molecule has 1 aliphatic heterocycles. The van der Waals surface area contributed by atoms with Crippen LogP contribution in [0.5, 0.6) is 5.75 Å². The van der Waals surface area contributed by atoms with Crippen molar-refractivity contribution in [1.29, 1.82) is 0 Å².